The number of carbonyl (C=O) groups excluding carboxylic acids is 2. The molecule has 1 aliphatic heterocycles. The molecule has 1 aromatic heterocycles. The Bertz CT molecular complexity index is 956. The van der Waals surface area contributed by atoms with Crippen molar-refractivity contribution in [3.05, 3.63) is 71.9 Å². The SMILES string of the molecule is O=C(Cn1cc(C(=O)c2ccccc2)c2ccccc21)NC[C@H]1CCCO1. The standard InChI is InChI=1S/C22H22N2O3/c25-21(23-13-17-9-6-12-27-17)15-24-14-19(18-10-4-5-11-20(18)24)22(26)16-7-2-1-3-8-16/h1-5,7-8,10-11,14,17H,6,9,12-13,15H2,(H,23,25)/t17-/m1/s1. The summed E-state index contributed by atoms with van der Waals surface area (Å²) < 4.78 is 7.39. The molecule has 5 nitrogen and oxygen atoms in total. The third-order valence-electron chi connectivity index (χ3n) is 4.93. The highest BCUT2D eigenvalue weighted by Crippen LogP contribution is 2.24. The fourth-order valence-corrected chi connectivity index (χ4v) is 3.55. The number of nitrogens with one attached hydrogen (secondary N) is 1. The van der Waals surface area contributed by atoms with Gasteiger partial charge in [-0.25, -0.2) is 0 Å². The molecule has 1 fully saturated rings. The third kappa shape index (κ3) is 3.78. The van der Waals surface area contributed by atoms with Gasteiger partial charge in [-0.15, -0.1) is 0 Å². The number of fused-ring (bicyclic) bond motifs is 1. The van der Waals surface area contributed by atoms with Gasteiger partial charge in [-0.2, -0.15) is 0 Å². The van der Waals surface area contributed by atoms with E-state index in [-0.39, 0.29) is 24.3 Å². The van der Waals surface area contributed by atoms with E-state index in [1.54, 1.807) is 6.20 Å². The summed E-state index contributed by atoms with van der Waals surface area (Å²) >= 11 is 0. The van der Waals surface area contributed by atoms with Crippen LogP contribution >= 0.6 is 0 Å². The van der Waals surface area contributed by atoms with E-state index in [1.807, 2.05) is 59.2 Å². The van der Waals surface area contributed by atoms with Gasteiger partial charge in [0.15, 0.2) is 5.78 Å². The first-order valence-electron chi connectivity index (χ1n) is 9.28. The maximum atomic E-state index is 12.9. The Labute approximate surface area is 157 Å². The Morgan fingerprint density at radius 3 is 2.63 bits per heavy atom. The topological polar surface area (TPSA) is 60.3 Å². The molecule has 0 saturated carbocycles. The quantitative estimate of drug-likeness (QED) is 0.685. The van der Waals surface area contributed by atoms with Crippen LogP contribution in [0.25, 0.3) is 10.9 Å². The van der Waals surface area contributed by atoms with Crippen molar-refractivity contribution < 1.29 is 14.3 Å². The Balaban J connectivity index is 1.56. The van der Waals surface area contributed by atoms with E-state index < -0.39 is 0 Å². The maximum absolute atomic E-state index is 12.9. The minimum atomic E-state index is -0.0787. The number of carbonyl (C=O) groups is 2. The van der Waals surface area contributed by atoms with Gasteiger partial charge < -0.3 is 14.6 Å². The number of para-hydroxylation sites is 1. The second kappa shape index (κ2) is 7.76. The first-order chi connectivity index (χ1) is 13.2. The van der Waals surface area contributed by atoms with E-state index in [9.17, 15) is 9.59 Å². The number of ketones is 1. The van der Waals surface area contributed by atoms with E-state index in [1.165, 1.54) is 0 Å². The number of ether oxygens (including phenoxy) is 1. The minimum absolute atomic E-state index is 0.0367. The average molecular weight is 362 g/mol. The van der Waals surface area contributed by atoms with E-state index in [0.717, 1.165) is 30.4 Å². The van der Waals surface area contributed by atoms with E-state index in [0.29, 0.717) is 17.7 Å². The van der Waals surface area contributed by atoms with Crippen LogP contribution < -0.4 is 5.32 Å². The monoisotopic (exact) mass is 362 g/mol. The fraction of sp³-hybridized carbons (Fsp3) is 0.273. The molecule has 5 heteroatoms. The van der Waals surface area contributed by atoms with Gasteiger partial charge in [0.1, 0.15) is 6.54 Å². The molecule has 1 atom stereocenters. The first-order valence-corrected chi connectivity index (χ1v) is 9.28. The Hall–Kier alpha value is -2.92. The molecule has 4 rings (SSSR count). The van der Waals surface area contributed by atoms with Gasteiger partial charge in [-0.05, 0) is 18.9 Å². The lowest BCUT2D eigenvalue weighted by atomic mass is 10.0. The van der Waals surface area contributed by atoms with Gasteiger partial charge in [0.2, 0.25) is 5.91 Å². The summed E-state index contributed by atoms with van der Waals surface area (Å²) in [6.07, 6.45) is 3.94. The smallest absolute Gasteiger partial charge is 0.240 e. The van der Waals surface area contributed by atoms with Crippen molar-refractivity contribution in [2.45, 2.75) is 25.5 Å². The molecule has 1 saturated heterocycles. The summed E-state index contributed by atoms with van der Waals surface area (Å²) in [5.74, 6) is -0.115. The maximum Gasteiger partial charge on any atom is 0.240 e. The molecule has 0 aliphatic carbocycles. The molecule has 2 heterocycles. The largest absolute Gasteiger partial charge is 0.376 e. The predicted molar refractivity (Wildman–Crippen MR) is 104 cm³/mol. The zero-order chi connectivity index (χ0) is 18.6. The zero-order valence-electron chi connectivity index (χ0n) is 15.1. The second-order valence-corrected chi connectivity index (χ2v) is 6.82. The van der Waals surface area contributed by atoms with Gasteiger partial charge in [0, 0.05) is 41.4 Å². The van der Waals surface area contributed by atoms with Crippen LogP contribution in [0.4, 0.5) is 0 Å². The van der Waals surface area contributed by atoms with Crippen molar-refractivity contribution in [1.29, 1.82) is 0 Å². The molecular weight excluding hydrogens is 340 g/mol. The van der Waals surface area contributed by atoms with Crippen LogP contribution in [0.3, 0.4) is 0 Å². The molecule has 0 bridgehead atoms. The van der Waals surface area contributed by atoms with Crippen molar-refractivity contribution in [2.75, 3.05) is 13.2 Å². The van der Waals surface area contributed by atoms with Gasteiger partial charge in [0.05, 0.1) is 6.10 Å². The Morgan fingerprint density at radius 2 is 1.85 bits per heavy atom. The van der Waals surface area contributed by atoms with Gasteiger partial charge in [0.25, 0.3) is 0 Å². The van der Waals surface area contributed by atoms with Crippen molar-refractivity contribution in [3.8, 4) is 0 Å². The number of amides is 1. The highest BCUT2D eigenvalue weighted by Gasteiger charge is 2.19. The number of hydrogen-bond acceptors (Lipinski definition) is 3. The van der Waals surface area contributed by atoms with Gasteiger partial charge >= 0.3 is 0 Å². The van der Waals surface area contributed by atoms with Crippen LogP contribution in [0.5, 0.6) is 0 Å². The number of benzene rings is 2. The molecule has 0 unspecified atom stereocenters. The highest BCUT2D eigenvalue weighted by molar-refractivity contribution is 6.16. The summed E-state index contributed by atoms with van der Waals surface area (Å²) in [6, 6.07) is 16.9. The molecule has 1 amide bonds. The highest BCUT2D eigenvalue weighted by atomic mass is 16.5. The van der Waals surface area contributed by atoms with Gasteiger partial charge in [-0.3, -0.25) is 9.59 Å². The van der Waals surface area contributed by atoms with Crippen molar-refractivity contribution >= 4 is 22.6 Å². The van der Waals surface area contributed by atoms with E-state index >= 15 is 0 Å². The Morgan fingerprint density at radius 1 is 1.07 bits per heavy atom. The number of rotatable bonds is 6. The molecule has 27 heavy (non-hydrogen) atoms. The van der Waals surface area contributed by atoms with Crippen molar-refractivity contribution in [2.24, 2.45) is 0 Å². The van der Waals surface area contributed by atoms with E-state index in [4.69, 9.17) is 4.74 Å². The van der Waals surface area contributed by atoms with Crippen LogP contribution in [-0.2, 0) is 16.1 Å². The van der Waals surface area contributed by atoms with Gasteiger partial charge in [-0.1, -0.05) is 48.5 Å². The van der Waals surface area contributed by atoms with Crippen LogP contribution in [0.2, 0.25) is 0 Å². The Kier molecular flexibility index (Phi) is 5.03. The van der Waals surface area contributed by atoms with Crippen molar-refractivity contribution in [3.63, 3.8) is 0 Å². The van der Waals surface area contributed by atoms with Crippen LogP contribution in [0.15, 0.2) is 60.8 Å². The zero-order valence-corrected chi connectivity index (χ0v) is 15.1. The summed E-state index contributed by atoms with van der Waals surface area (Å²) in [7, 11) is 0. The van der Waals surface area contributed by atoms with Crippen molar-refractivity contribution in [1.82, 2.24) is 9.88 Å². The number of hydrogen-bond donors (Lipinski definition) is 1. The summed E-state index contributed by atoms with van der Waals surface area (Å²) in [6.45, 7) is 1.48. The molecular formula is C22H22N2O3. The molecule has 1 N–H and O–H groups in total. The lowest BCUT2D eigenvalue weighted by Crippen LogP contribution is -2.34. The molecule has 3 aromatic rings. The fourth-order valence-electron chi connectivity index (χ4n) is 3.55. The van der Waals surface area contributed by atoms with Crippen LogP contribution in [-0.4, -0.2) is 35.5 Å². The third-order valence-corrected chi connectivity index (χ3v) is 4.93. The molecule has 138 valence electrons. The number of aromatic nitrogens is 1. The lowest BCUT2D eigenvalue weighted by Gasteiger charge is -2.11. The van der Waals surface area contributed by atoms with E-state index in [2.05, 4.69) is 5.32 Å². The second-order valence-electron chi connectivity index (χ2n) is 6.82. The lowest BCUT2D eigenvalue weighted by molar-refractivity contribution is -0.122. The number of nitrogens with zero attached hydrogens (tertiary/aromatic N) is 1. The summed E-state index contributed by atoms with van der Waals surface area (Å²) in [5, 5.41) is 3.80. The molecule has 2 aromatic carbocycles. The summed E-state index contributed by atoms with van der Waals surface area (Å²) in [5.41, 5.74) is 2.14. The van der Waals surface area contributed by atoms with Crippen LogP contribution in [0.1, 0.15) is 28.8 Å². The molecule has 1 aliphatic rings. The minimum Gasteiger partial charge on any atom is -0.376 e. The average Bonchev–Trinajstić information content (AvgIpc) is 3.35. The summed E-state index contributed by atoms with van der Waals surface area (Å²) in [4.78, 5) is 25.3. The first kappa shape index (κ1) is 17.5. The molecule has 0 radical (unpaired) electrons. The molecule has 0 spiro atoms. The normalized spacial score (nSPS) is 16.5. The predicted octanol–water partition coefficient (Wildman–Crippen LogP) is 3.17. The van der Waals surface area contributed by atoms with Crippen LogP contribution in [0, 0.1) is 0 Å².